The molecular weight excluding hydrogens is 324 g/mol. The van der Waals surface area contributed by atoms with Gasteiger partial charge in [0.05, 0.1) is 11.3 Å². The fourth-order valence-electron chi connectivity index (χ4n) is 2.34. The molecule has 3 rings (SSSR count). The van der Waals surface area contributed by atoms with Gasteiger partial charge in [-0.25, -0.2) is 0 Å². The van der Waals surface area contributed by atoms with E-state index < -0.39 is 0 Å². The van der Waals surface area contributed by atoms with Gasteiger partial charge < -0.3 is 10.4 Å². The smallest absolute Gasteiger partial charge is 0.255 e. The molecular formula is C19H15ClN2O2. The molecule has 0 unspecified atom stereocenters. The highest BCUT2D eigenvalue weighted by Gasteiger charge is 2.11. The van der Waals surface area contributed by atoms with Crippen molar-refractivity contribution in [2.75, 3.05) is 0 Å². The van der Waals surface area contributed by atoms with Crippen LogP contribution in [0.5, 0.6) is 5.75 Å². The number of hydrogen-bond acceptors (Lipinski definition) is 3. The van der Waals surface area contributed by atoms with Crippen molar-refractivity contribution in [2.45, 2.75) is 6.54 Å². The molecule has 0 radical (unpaired) electrons. The first-order valence-electron chi connectivity index (χ1n) is 7.40. The lowest BCUT2D eigenvalue weighted by Gasteiger charge is -2.09. The first-order chi connectivity index (χ1) is 11.6. The van der Waals surface area contributed by atoms with Gasteiger partial charge in [0.2, 0.25) is 0 Å². The third-order valence-electron chi connectivity index (χ3n) is 3.54. The van der Waals surface area contributed by atoms with Crippen LogP contribution in [0.15, 0.2) is 66.9 Å². The normalized spacial score (nSPS) is 10.4. The average Bonchev–Trinajstić information content (AvgIpc) is 2.63. The second-order valence-electron chi connectivity index (χ2n) is 5.26. The molecule has 1 aromatic heterocycles. The lowest BCUT2D eigenvalue weighted by molar-refractivity contribution is 0.0948. The highest BCUT2D eigenvalue weighted by atomic mass is 35.5. The monoisotopic (exact) mass is 338 g/mol. The molecule has 0 bridgehead atoms. The number of carbonyl (C=O) groups is 1. The summed E-state index contributed by atoms with van der Waals surface area (Å²) in [6.07, 6.45) is 1.74. The van der Waals surface area contributed by atoms with Crippen LogP contribution in [0, 0.1) is 0 Å². The maximum absolute atomic E-state index is 12.2. The Kier molecular flexibility index (Phi) is 4.77. The Hall–Kier alpha value is -2.85. The summed E-state index contributed by atoms with van der Waals surface area (Å²) >= 11 is 5.87. The standard InChI is InChI=1S/C19H15ClN2O2/c20-15-7-8-18(23)16(11-15)19(24)22-12-13-4-3-5-14(10-13)17-6-1-2-9-21-17/h1-11,23H,12H2,(H,22,24). The van der Waals surface area contributed by atoms with Crippen molar-refractivity contribution < 1.29 is 9.90 Å². The van der Waals surface area contributed by atoms with Crippen molar-refractivity contribution in [3.63, 3.8) is 0 Å². The van der Waals surface area contributed by atoms with E-state index in [0.29, 0.717) is 11.6 Å². The Bertz CT molecular complexity index is 866. The van der Waals surface area contributed by atoms with E-state index in [2.05, 4.69) is 10.3 Å². The predicted octanol–water partition coefficient (Wildman–Crippen LogP) is 4.04. The SMILES string of the molecule is O=C(NCc1cccc(-c2ccccn2)c1)c1cc(Cl)ccc1O. The van der Waals surface area contributed by atoms with E-state index in [-0.39, 0.29) is 17.2 Å². The molecule has 3 aromatic rings. The molecule has 1 amide bonds. The van der Waals surface area contributed by atoms with Gasteiger partial charge in [-0.2, -0.15) is 0 Å². The number of aromatic hydroxyl groups is 1. The zero-order valence-corrected chi connectivity index (χ0v) is 13.5. The summed E-state index contributed by atoms with van der Waals surface area (Å²) in [5.74, 6) is -0.475. The van der Waals surface area contributed by atoms with Crippen LogP contribution in [-0.2, 0) is 6.54 Å². The van der Waals surface area contributed by atoms with E-state index in [1.54, 1.807) is 6.20 Å². The summed E-state index contributed by atoms with van der Waals surface area (Å²) < 4.78 is 0. The van der Waals surface area contributed by atoms with Gasteiger partial charge in [-0.15, -0.1) is 0 Å². The Morgan fingerprint density at radius 2 is 1.96 bits per heavy atom. The fraction of sp³-hybridized carbons (Fsp3) is 0.0526. The van der Waals surface area contributed by atoms with Crippen molar-refractivity contribution in [3.8, 4) is 17.0 Å². The molecule has 120 valence electrons. The second kappa shape index (κ2) is 7.15. The van der Waals surface area contributed by atoms with Crippen molar-refractivity contribution in [1.29, 1.82) is 0 Å². The molecule has 0 spiro atoms. The summed E-state index contributed by atoms with van der Waals surface area (Å²) in [6.45, 7) is 0.339. The van der Waals surface area contributed by atoms with Crippen molar-refractivity contribution in [1.82, 2.24) is 10.3 Å². The van der Waals surface area contributed by atoms with Gasteiger partial charge >= 0.3 is 0 Å². The minimum Gasteiger partial charge on any atom is -0.507 e. The summed E-state index contributed by atoms with van der Waals surface area (Å²) in [5, 5.41) is 12.9. The van der Waals surface area contributed by atoms with E-state index in [9.17, 15) is 9.90 Å². The number of nitrogens with zero attached hydrogens (tertiary/aromatic N) is 1. The fourth-order valence-corrected chi connectivity index (χ4v) is 2.51. The number of hydrogen-bond donors (Lipinski definition) is 2. The first-order valence-corrected chi connectivity index (χ1v) is 7.78. The highest BCUT2D eigenvalue weighted by molar-refractivity contribution is 6.31. The lowest BCUT2D eigenvalue weighted by Crippen LogP contribution is -2.22. The maximum Gasteiger partial charge on any atom is 0.255 e. The minimum atomic E-state index is -0.377. The molecule has 4 nitrogen and oxygen atoms in total. The Morgan fingerprint density at radius 1 is 1.08 bits per heavy atom. The molecule has 0 aliphatic heterocycles. The molecule has 5 heteroatoms. The molecule has 2 N–H and O–H groups in total. The lowest BCUT2D eigenvalue weighted by atomic mass is 10.1. The molecule has 1 heterocycles. The van der Waals surface area contributed by atoms with Crippen LogP contribution in [0.25, 0.3) is 11.3 Å². The van der Waals surface area contributed by atoms with Gasteiger partial charge in [-0.3, -0.25) is 9.78 Å². The second-order valence-corrected chi connectivity index (χ2v) is 5.70. The van der Waals surface area contributed by atoms with Crippen LogP contribution in [0.4, 0.5) is 0 Å². The largest absolute Gasteiger partial charge is 0.507 e. The first kappa shape index (κ1) is 16.0. The number of phenols is 1. The van der Waals surface area contributed by atoms with Gasteiger partial charge in [-0.1, -0.05) is 35.9 Å². The number of rotatable bonds is 4. The number of halogens is 1. The van der Waals surface area contributed by atoms with E-state index in [1.165, 1.54) is 18.2 Å². The third-order valence-corrected chi connectivity index (χ3v) is 3.78. The van der Waals surface area contributed by atoms with Gasteiger partial charge in [0, 0.05) is 23.3 Å². The van der Waals surface area contributed by atoms with Gasteiger partial charge in [-0.05, 0) is 42.0 Å². The zero-order valence-electron chi connectivity index (χ0n) is 12.7. The molecule has 0 saturated heterocycles. The molecule has 0 saturated carbocycles. The minimum absolute atomic E-state index is 0.0980. The molecule has 0 fully saturated rings. The molecule has 0 aliphatic rings. The molecule has 24 heavy (non-hydrogen) atoms. The summed E-state index contributed by atoms with van der Waals surface area (Å²) in [6, 6.07) is 17.9. The topological polar surface area (TPSA) is 62.2 Å². The van der Waals surface area contributed by atoms with Crippen LogP contribution >= 0.6 is 11.6 Å². The van der Waals surface area contributed by atoms with Gasteiger partial charge in [0.15, 0.2) is 0 Å². The van der Waals surface area contributed by atoms with E-state index in [4.69, 9.17) is 11.6 Å². The van der Waals surface area contributed by atoms with Crippen LogP contribution in [0.1, 0.15) is 15.9 Å². The van der Waals surface area contributed by atoms with Crippen molar-refractivity contribution in [3.05, 3.63) is 83.0 Å². The zero-order chi connectivity index (χ0) is 16.9. The Morgan fingerprint density at radius 3 is 2.75 bits per heavy atom. The number of pyridine rings is 1. The van der Waals surface area contributed by atoms with E-state index in [1.807, 2.05) is 42.5 Å². The van der Waals surface area contributed by atoms with Gasteiger partial charge in [0.1, 0.15) is 5.75 Å². The summed E-state index contributed by atoms with van der Waals surface area (Å²) in [4.78, 5) is 16.5. The number of carbonyl (C=O) groups excluding carboxylic acids is 1. The van der Waals surface area contributed by atoms with Crippen LogP contribution in [0.3, 0.4) is 0 Å². The summed E-state index contributed by atoms with van der Waals surface area (Å²) in [5.41, 5.74) is 2.95. The van der Waals surface area contributed by atoms with E-state index in [0.717, 1.165) is 16.8 Å². The number of amides is 1. The van der Waals surface area contributed by atoms with Gasteiger partial charge in [0.25, 0.3) is 5.91 Å². The predicted molar refractivity (Wildman–Crippen MR) is 94.0 cm³/mol. The number of benzene rings is 2. The van der Waals surface area contributed by atoms with Crippen LogP contribution in [-0.4, -0.2) is 16.0 Å². The van der Waals surface area contributed by atoms with Crippen LogP contribution < -0.4 is 5.32 Å². The number of nitrogens with one attached hydrogen (secondary N) is 1. The van der Waals surface area contributed by atoms with Crippen molar-refractivity contribution in [2.24, 2.45) is 0 Å². The highest BCUT2D eigenvalue weighted by Crippen LogP contribution is 2.22. The quantitative estimate of drug-likeness (QED) is 0.754. The Labute approximate surface area is 144 Å². The Balaban J connectivity index is 1.73. The van der Waals surface area contributed by atoms with Crippen molar-refractivity contribution >= 4 is 17.5 Å². The summed E-state index contributed by atoms with van der Waals surface area (Å²) in [7, 11) is 0. The molecule has 2 aromatic carbocycles. The van der Waals surface area contributed by atoms with E-state index >= 15 is 0 Å². The molecule has 0 aliphatic carbocycles. The van der Waals surface area contributed by atoms with Crippen LogP contribution in [0.2, 0.25) is 5.02 Å². The number of phenolic OH excluding ortho intramolecular Hbond substituents is 1. The number of aromatic nitrogens is 1. The molecule has 0 atom stereocenters. The third kappa shape index (κ3) is 3.73. The maximum atomic E-state index is 12.2. The average molecular weight is 339 g/mol.